The molecule has 1 aliphatic heterocycles. The smallest absolute Gasteiger partial charge is 0.322 e. The minimum absolute atomic E-state index is 0.0160. The van der Waals surface area contributed by atoms with Gasteiger partial charge in [0.05, 0.1) is 16.2 Å². The number of nitrogens with one attached hydrogen (secondary N) is 2. The lowest BCUT2D eigenvalue weighted by atomic mass is 10.1. The molecule has 222 valence electrons. The molecule has 5 rings (SSSR count). The van der Waals surface area contributed by atoms with E-state index in [1.54, 1.807) is 41.3 Å². The predicted octanol–water partition coefficient (Wildman–Crippen LogP) is 7.19. The summed E-state index contributed by atoms with van der Waals surface area (Å²) in [5.41, 5.74) is 1.27. The molecule has 0 spiro atoms. The van der Waals surface area contributed by atoms with E-state index in [1.165, 1.54) is 42.1 Å². The Morgan fingerprint density at radius 3 is 2.26 bits per heavy atom. The van der Waals surface area contributed by atoms with Crippen LogP contribution in [0, 0.1) is 0 Å². The fraction of sp³-hybridized carbons (Fsp3) is 0.133. The van der Waals surface area contributed by atoms with Gasteiger partial charge in [-0.05, 0) is 77.9 Å². The summed E-state index contributed by atoms with van der Waals surface area (Å²) >= 11 is 7.47. The van der Waals surface area contributed by atoms with Crippen molar-refractivity contribution >= 4 is 56.6 Å². The second-order valence-corrected chi connectivity index (χ2v) is 12.8. The molecule has 7 nitrogen and oxygen atoms in total. The van der Waals surface area contributed by atoms with Gasteiger partial charge in [-0.1, -0.05) is 41.9 Å². The number of amides is 2. The van der Waals surface area contributed by atoms with Gasteiger partial charge in [-0.15, -0.1) is 11.8 Å². The number of carbonyl (C=O) groups excluding carboxylic acids is 2. The number of alkyl halides is 3. The molecule has 1 aliphatic rings. The summed E-state index contributed by atoms with van der Waals surface area (Å²) in [6.07, 6.45) is -4.62. The molecule has 0 aromatic heterocycles. The zero-order chi connectivity index (χ0) is 30.8. The number of anilines is 2. The van der Waals surface area contributed by atoms with E-state index in [9.17, 15) is 31.2 Å². The fourth-order valence-electron chi connectivity index (χ4n) is 4.38. The number of thioether (sulfide) groups is 1. The Balaban J connectivity index is 1.22. The highest BCUT2D eigenvalue weighted by Crippen LogP contribution is 2.39. The molecule has 43 heavy (non-hydrogen) atoms. The first-order valence-electron chi connectivity index (χ1n) is 12.8. The molecule has 0 aliphatic carbocycles. The first kappa shape index (κ1) is 30.5. The van der Waals surface area contributed by atoms with E-state index in [0.717, 1.165) is 23.3 Å². The van der Waals surface area contributed by atoms with E-state index in [4.69, 9.17) is 11.6 Å². The van der Waals surface area contributed by atoms with Gasteiger partial charge in [-0.25, -0.2) is 8.42 Å². The molecule has 2 amide bonds. The quantitative estimate of drug-likeness (QED) is 0.212. The van der Waals surface area contributed by atoms with E-state index in [-0.39, 0.29) is 21.9 Å². The van der Waals surface area contributed by atoms with Gasteiger partial charge in [0.25, 0.3) is 15.9 Å². The normalized spacial score (nSPS) is 15.4. The lowest BCUT2D eigenvalue weighted by molar-refractivity contribution is -0.137. The summed E-state index contributed by atoms with van der Waals surface area (Å²) in [4.78, 5) is 27.0. The maximum Gasteiger partial charge on any atom is 0.416 e. The SMILES string of the molecule is O=C(Nc1ccc(S(=O)(=O)Nc2cccc(C(F)(F)F)c2)cc1)c1ccc([C@H]2SCC(=O)N2Cc2ccc(Cl)cc2)cc1. The van der Waals surface area contributed by atoms with Crippen LogP contribution in [-0.2, 0) is 27.5 Å². The first-order chi connectivity index (χ1) is 20.4. The summed E-state index contributed by atoms with van der Waals surface area (Å²) in [6.45, 7) is 0.428. The molecule has 1 atom stereocenters. The molecule has 4 aromatic rings. The Hall–Kier alpha value is -4.00. The van der Waals surface area contributed by atoms with Crippen LogP contribution in [0.3, 0.4) is 0 Å². The van der Waals surface area contributed by atoms with Gasteiger partial charge in [0.2, 0.25) is 5.91 Å². The molecular formula is C30H23ClF3N3O4S2. The Labute approximate surface area is 255 Å². The summed E-state index contributed by atoms with van der Waals surface area (Å²) in [6, 6.07) is 23.3. The average molecular weight is 646 g/mol. The lowest BCUT2D eigenvalue weighted by Gasteiger charge is -2.24. The number of nitrogens with zero attached hydrogens (tertiary/aromatic N) is 1. The van der Waals surface area contributed by atoms with E-state index in [1.807, 2.05) is 12.1 Å². The van der Waals surface area contributed by atoms with Crippen LogP contribution in [0.5, 0.6) is 0 Å². The molecule has 0 unspecified atom stereocenters. The Bertz CT molecular complexity index is 1750. The van der Waals surface area contributed by atoms with Crippen molar-refractivity contribution in [2.75, 3.05) is 15.8 Å². The molecule has 1 heterocycles. The van der Waals surface area contributed by atoms with Gasteiger partial charge < -0.3 is 10.2 Å². The van der Waals surface area contributed by atoms with Gasteiger partial charge >= 0.3 is 6.18 Å². The molecule has 4 aromatic carbocycles. The number of benzene rings is 4. The van der Waals surface area contributed by atoms with Crippen LogP contribution in [0.25, 0.3) is 0 Å². The van der Waals surface area contributed by atoms with Crippen molar-refractivity contribution in [2.24, 2.45) is 0 Å². The van der Waals surface area contributed by atoms with Crippen molar-refractivity contribution in [1.29, 1.82) is 0 Å². The third-order valence-corrected chi connectivity index (χ3v) is 9.46. The van der Waals surface area contributed by atoms with E-state index in [2.05, 4.69) is 10.0 Å². The minimum atomic E-state index is -4.62. The standard InChI is InChI=1S/C30H23ClF3N3O4S2/c31-23-10-4-19(5-11-23)17-37-27(38)18-42-29(37)21-8-6-20(7-9-21)28(39)35-24-12-14-26(15-13-24)43(40,41)36-25-3-1-2-22(16-25)30(32,33)34/h1-16,29,36H,17-18H2,(H,35,39)/t29-/m1/s1. The third-order valence-electron chi connectivity index (χ3n) is 6.56. The number of halogens is 4. The van der Waals surface area contributed by atoms with Crippen LogP contribution in [0.15, 0.2) is 102 Å². The van der Waals surface area contributed by atoms with E-state index in [0.29, 0.717) is 34.6 Å². The number of carbonyl (C=O) groups is 2. The maximum absolute atomic E-state index is 13.0. The fourth-order valence-corrected chi connectivity index (χ4v) is 6.74. The molecule has 1 fully saturated rings. The van der Waals surface area contributed by atoms with Crippen LogP contribution < -0.4 is 10.0 Å². The van der Waals surface area contributed by atoms with Crippen LogP contribution >= 0.6 is 23.4 Å². The molecule has 0 radical (unpaired) electrons. The van der Waals surface area contributed by atoms with Crippen molar-refractivity contribution in [3.8, 4) is 0 Å². The molecule has 2 N–H and O–H groups in total. The van der Waals surface area contributed by atoms with Crippen LogP contribution in [-0.4, -0.2) is 30.9 Å². The molecule has 0 bridgehead atoms. The van der Waals surface area contributed by atoms with Gasteiger partial charge in [-0.2, -0.15) is 13.2 Å². The summed E-state index contributed by atoms with van der Waals surface area (Å²) in [5.74, 6) is -0.0681. The molecular weight excluding hydrogens is 623 g/mol. The number of rotatable bonds is 8. The van der Waals surface area contributed by atoms with Gasteiger partial charge in [-0.3, -0.25) is 14.3 Å². The second-order valence-electron chi connectivity index (χ2n) is 9.60. The van der Waals surface area contributed by atoms with Crippen molar-refractivity contribution in [2.45, 2.75) is 23.0 Å². The monoisotopic (exact) mass is 645 g/mol. The largest absolute Gasteiger partial charge is 0.416 e. The van der Waals surface area contributed by atoms with Gasteiger partial charge in [0.15, 0.2) is 0 Å². The predicted molar refractivity (Wildman–Crippen MR) is 160 cm³/mol. The molecule has 13 heteroatoms. The highest BCUT2D eigenvalue weighted by molar-refractivity contribution is 8.00. The van der Waals surface area contributed by atoms with Crippen molar-refractivity contribution in [3.63, 3.8) is 0 Å². The highest BCUT2D eigenvalue weighted by Gasteiger charge is 2.33. The Morgan fingerprint density at radius 2 is 1.60 bits per heavy atom. The number of hydrogen-bond donors (Lipinski definition) is 2. The zero-order valence-corrected chi connectivity index (χ0v) is 24.5. The number of hydrogen-bond acceptors (Lipinski definition) is 5. The van der Waals surface area contributed by atoms with E-state index < -0.39 is 27.7 Å². The van der Waals surface area contributed by atoms with Crippen LogP contribution in [0.4, 0.5) is 24.5 Å². The van der Waals surface area contributed by atoms with Crippen LogP contribution in [0.2, 0.25) is 5.02 Å². The maximum atomic E-state index is 13.0. The Kier molecular flexibility index (Phi) is 8.72. The topological polar surface area (TPSA) is 95.6 Å². The van der Waals surface area contributed by atoms with Crippen molar-refractivity contribution in [3.05, 3.63) is 124 Å². The molecule has 0 saturated carbocycles. The highest BCUT2D eigenvalue weighted by atomic mass is 35.5. The zero-order valence-electron chi connectivity index (χ0n) is 22.1. The summed E-state index contributed by atoms with van der Waals surface area (Å²) in [7, 11) is -4.18. The van der Waals surface area contributed by atoms with Crippen molar-refractivity contribution < 1.29 is 31.2 Å². The van der Waals surface area contributed by atoms with Gasteiger partial charge in [0.1, 0.15) is 5.37 Å². The average Bonchev–Trinajstić information content (AvgIpc) is 3.33. The second kappa shape index (κ2) is 12.3. The number of sulfonamides is 1. The first-order valence-corrected chi connectivity index (χ1v) is 15.7. The summed E-state index contributed by atoms with van der Waals surface area (Å²) < 4.78 is 66.5. The minimum Gasteiger partial charge on any atom is -0.322 e. The third kappa shape index (κ3) is 7.32. The van der Waals surface area contributed by atoms with E-state index >= 15 is 0 Å². The van der Waals surface area contributed by atoms with Crippen molar-refractivity contribution in [1.82, 2.24) is 4.90 Å². The molecule has 1 saturated heterocycles. The van der Waals surface area contributed by atoms with Crippen LogP contribution in [0.1, 0.15) is 32.4 Å². The summed E-state index contributed by atoms with van der Waals surface area (Å²) in [5, 5.41) is 3.10. The Morgan fingerprint density at radius 1 is 0.930 bits per heavy atom. The lowest BCUT2D eigenvalue weighted by Crippen LogP contribution is -2.27. The van der Waals surface area contributed by atoms with Gasteiger partial charge in [0, 0.05) is 28.5 Å².